The average Bonchev–Trinajstić information content (AvgIpc) is 2.88. The van der Waals surface area contributed by atoms with Gasteiger partial charge in [-0.15, -0.1) is 0 Å². The van der Waals surface area contributed by atoms with Crippen LogP contribution in [0.1, 0.15) is 25.5 Å². The Morgan fingerprint density at radius 1 is 1.11 bits per heavy atom. The van der Waals surface area contributed by atoms with Gasteiger partial charge in [0.05, 0.1) is 18.0 Å². The van der Waals surface area contributed by atoms with Crippen LogP contribution in [0.2, 0.25) is 0 Å². The smallest absolute Gasteiger partial charge is 0.137 e. The zero-order valence-corrected chi connectivity index (χ0v) is 17.9. The molecular formula is C22H27BrN4O. The molecule has 0 unspecified atom stereocenters. The lowest BCUT2D eigenvalue weighted by Crippen LogP contribution is -2.28. The second kappa shape index (κ2) is 9.07. The number of nitrogens with one attached hydrogen (secondary N) is 1. The molecule has 1 fully saturated rings. The largest absolute Gasteiger partial charge is 0.494 e. The Kier molecular flexibility index (Phi) is 6.29. The normalized spacial score (nSPS) is 15.6. The summed E-state index contributed by atoms with van der Waals surface area (Å²) in [5, 5.41) is 3.49. The summed E-state index contributed by atoms with van der Waals surface area (Å²) >= 11 is 3.61. The van der Waals surface area contributed by atoms with Crippen molar-refractivity contribution in [2.75, 3.05) is 32.8 Å². The van der Waals surface area contributed by atoms with Crippen molar-refractivity contribution in [2.24, 2.45) is 0 Å². The SMILES string of the molecule is CCCOc1ccc(-c2nc3ccc(Br)cn3c2CN2CCCNCC2)cc1. The van der Waals surface area contributed by atoms with E-state index in [2.05, 4.69) is 61.9 Å². The second-order valence-electron chi connectivity index (χ2n) is 7.24. The third-order valence-corrected chi connectivity index (χ3v) is 5.56. The molecular weight excluding hydrogens is 416 g/mol. The van der Waals surface area contributed by atoms with Crippen LogP contribution < -0.4 is 10.1 Å². The van der Waals surface area contributed by atoms with E-state index in [0.29, 0.717) is 0 Å². The molecule has 0 atom stereocenters. The van der Waals surface area contributed by atoms with Gasteiger partial charge in [-0.25, -0.2) is 4.98 Å². The highest BCUT2D eigenvalue weighted by atomic mass is 79.9. The Balaban J connectivity index is 1.70. The Labute approximate surface area is 174 Å². The van der Waals surface area contributed by atoms with Crippen molar-refractivity contribution < 1.29 is 4.74 Å². The van der Waals surface area contributed by atoms with Crippen LogP contribution in [0.15, 0.2) is 47.1 Å². The lowest BCUT2D eigenvalue weighted by molar-refractivity contribution is 0.281. The summed E-state index contributed by atoms with van der Waals surface area (Å²) in [4.78, 5) is 7.48. The van der Waals surface area contributed by atoms with Crippen molar-refractivity contribution in [3.63, 3.8) is 0 Å². The zero-order chi connectivity index (χ0) is 19.3. The van der Waals surface area contributed by atoms with Crippen LogP contribution in [0.4, 0.5) is 0 Å². The number of hydrogen-bond acceptors (Lipinski definition) is 4. The van der Waals surface area contributed by atoms with Gasteiger partial charge in [-0.2, -0.15) is 0 Å². The van der Waals surface area contributed by atoms with E-state index in [1.54, 1.807) is 0 Å². The molecule has 5 nitrogen and oxygen atoms in total. The number of imidazole rings is 1. The predicted molar refractivity (Wildman–Crippen MR) is 117 cm³/mol. The van der Waals surface area contributed by atoms with Crippen LogP contribution in [0.3, 0.4) is 0 Å². The average molecular weight is 443 g/mol. The maximum Gasteiger partial charge on any atom is 0.137 e. The van der Waals surface area contributed by atoms with E-state index in [4.69, 9.17) is 9.72 Å². The minimum absolute atomic E-state index is 0.746. The molecule has 6 heteroatoms. The van der Waals surface area contributed by atoms with Crippen molar-refractivity contribution in [1.29, 1.82) is 0 Å². The minimum atomic E-state index is 0.746. The number of ether oxygens (including phenoxy) is 1. The van der Waals surface area contributed by atoms with Crippen molar-refractivity contribution in [3.8, 4) is 17.0 Å². The minimum Gasteiger partial charge on any atom is -0.494 e. The monoisotopic (exact) mass is 442 g/mol. The zero-order valence-electron chi connectivity index (χ0n) is 16.3. The van der Waals surface area contributed by atoms with Gasteiger partial charge in [0.2, 0.25) is 0 Å². The number of fused-ring (bicyclic) bond motifs is 1. The van der Waals surface area contributed by atoms with Gasteiger partial charge in [0, 0.05) is 35.9 Å². The number of benzene rings is 1. The summed E-state index contributed by atoms with van der Waals surface area (Å²) in [6, 6.07) is 12.5. The summed E-state index contributed by atoms with van der Waals surface area (Å²) in [6.07, 6.45) is 4.31. The fourth-order valence-electron chi connectivity index (χ4n) is 3.65. The summed E-state index contributed by atoms with van der Waals surface area (Å²) in [5.74, 6) is 0.914. The number of halogens is 1. The van der Waals surface area contributed by atoms with Crippen LogP contribution in [0.25, 0.3) is 16.9 Å². The van der Waals surface area contributed by atoms with Gasteiger partial charge in [-0.1, -0.05) is 6.92 Å². The first-order valence-corrected chi connectivity index (χ1v) is 10.9. The molecule has 0 bridgehead atoms. The molecule has 3 aromatic rings. The highest BCUT2D eigenvalue weighted by Gasteiger charge is 2.18. The van der Waals surface area contributed by atoms with E-state index < -0.39 is 0 Å². The molecule has 0 amide bonds. The van der Waals surface area contributed by atoms with Crippen molar-refractivity contribution >= 4 is 21.6 Å². The van der Waals surface area contributed by atoms with E-state index in [0.717, 1.165) is 72.9 Å². The first-order chi connectivity index (χ1) is 13.7. The molecule has 1 saturated heterocycles. The highest BCUT2D eigenvalue weighted by Crippen LogP contribution is 2.28. The maximum atomic E-state index is 5.74. The van der Waals surface area contributed by atoms with E-state index in [1.165, 1.54) is 12.1 Å². The molecule has 148 valence electrons. The topological polar surface area (TPSA) is 41.8 Å². The van der Waals surface area contributed by atoms with Gasteiger partial charge in [0.25, 0.3) is 0 Å². The molecule has 2 aromatic heterocycles. The van der Waals surface area contributed by atoms with E-state index >= 15 is 0 Å². The quantitative estimate of drug-likeness (QED) is 0.615. The van der Waals surface area contributed by atoms with E-state index in [-0.39, 0.29) is 0 Å². The molecule has 1 aliphatic heterocycles. The lowest BCUT2D eigenvalue weighted by Gasteiger charge is -2.20. The third-order valence-electron chi connectivity index (χ3n) is 5.09. The molecule has 0 saturated carbocycles. The molecule has 0 aliphatic carbocycles. The molecule has 1 aromatic carbocycles. The van der Waals surface area contributed by atoms with Crippen LogP contribution in [-0.2, 0) is 6.54 Å². The molecule has 4 rings (SSSR count). The fraction of sp³-hybridized carbons (Fsp3) is 0.409. The lowest BCUT2D eigenvalue weighted by atomic mass is 10.1. The maximum absolute atomic E-state index is 5.74. The van der Waals surface area contributed by atoms with Crippen LogP contribution >= 0.6 is 15.9 Å². The molecule has 0 spiro atoms. The Morgan fingerprint density at radius 2 is 1.96 bits per heavy atom. The number of pyridine rings is 1. The summed E-state index contributed by atoms with van der Waals surface area (Å²) in [5.41, 5.74) is 4.40. The molecule has 28 heavy (non-hydrogen) atoms. The molecule has 1 aliphatic rings. The van der Waals surface area contributed by atoms with Crippen LogP contribution in [-0.4, -0.2) is 47.1 Å². The van der Waals surface area contributed by atoms with Gasteiger partial charge < -0.3 is 14.5 Å². The molecule has 0 radical (unpaired) electrons. The summed E-state index contributed by atoms with van der Waals surface area (Å²) < 4.78 is 9.02. The van der Waals surface area contributed by atoms with Crippen LogP contribution in [0.5, 0.6) is 5.75 Å². The fourth-order valence-corrected chi connectivity index (χ4v) is 3.99. The van der Waals surface area contributed by atoms with Gasteiger partial charge in [-0.3, -0.25) is 4.90 Å². The number of rotatable bonds is 6. The standard InChI is InChI=1S/C22H27BrN4O/c1-2-14-28-19-7-4-17(5-8-19)22-20(16-26-12-3-10-24-11-13-26)27-15-18(23)6-9-21(27)25-22/h4-9,15,24H,2-3,10-14,16H2,1H3. The van der Waals surface area contributed by atoms with Gasteiger partial charge in [-0.05, 0) is 78.3 Å². The highest BCUT2D eigenvalue weighted by molar-refractivity contribution is 9.10. The molecule has 3 heterocycles. The summed E-state index contributed by atoms with van der Waals surface area (Å²) in [7, 11) is 0. The Bertz CT molecular complexity index is 914. The summed E-state index contributed by atoms with van der Waals surface area (Å²) in [6.45, 7) is 8.06. The van der Waals surface area contributed by atoms with Gasteiger partial charge >= 0.3 is 0 Å². The second-order valence-corrected chi connectivity index (χ2v) is 8.15. The first-order valence-electron chi connectivity index (χ1n) is 10.1. The third kappa shape index (κ3) is 4.40. The van der Waals surface area contributed by atoms with Crippen molar-refractivity contribution in [2.45, 2.75) is 26.3 Å². The van der Waals surface area contributed by atoms with Crippen molar-refractivity contribution in [3.05, 3.63) is 52.8 Å². The number of nitrogens with zero attached hydrogens (tertiary/aromatic N) is 3. The first kappa shape index (κ1) is 19.4. The van der Waals surface area contributed by atoms with E-state index in [9.17, 15) is 0 Å². The Hall–Kier alpha value is -1.89. The van der Waals surface area contributed by atoms with Crippen LogP contribution in [0, 0.1) is 0 Å². The predicted octanol–water partition coefficient (Wildman–Crippen LogP) is 4.35. The Morgan fingerprint density at radius 3 is 2.79 bits per heavy atom. The van der Waals surface area contributed by atoms with Gasteiger partial charge in [0.15, 0.2) is 0 Å². The van der Waals surface area contributed by atoms with E-state index in [1.807, 2.05) is 18.2 Å². The van der Waals surface area contributed by atoms with Crippen molar-refractivity contribution in [1.82, 2.24) is 19.6 Å². The molecule has 1 N–H and O–H groups in total. The number of hydrogen-bond donors (Lipinski definition) is 1. The number of aromatic nitrogens is 2. The van der Waals surface area contributed by atoms with Gasteiger partial charge in [0.1, 0.15) is 11.4 Å².